The van der Waals surface area contributed by atoms with E-state index in [9.17, 15) is 0 Å². The van der Waals surface area contributed by atoms with Crippen molar-refractivity contribution in [2.24, 2.45) is 0 Å². The molecule has 102 valence electrons. The van der Waals surface area contributed by atoms with Crippen LogP contribution in [0.3, 0.4) is 0 Å². The minimum atomic E-state index is -1.34. The first-order valence-corrected chi connectivity index (χ1v) is 5.34. The van der Waals surface area contributed by atoms with Crippen molar-refractivity contribution in [1.82, 2.24) is 15.0 Å². The first kappa shape index (κ1) is 14.4. The fourth-order valence-corrected chi connectivity index (χ4v) is 1.13. The summed E-state index contributed by atoms with van der Waals surface area (Å²) in [6.07, 6.45) is 0. The monoisotopic (exact) mass is 259 g/mol. The van der Waals surface area contributed by atoms with Crippen LogP contribution in [0, 0.1) is 0 Å². The molecule has 18 heavy (non-hydrogen) atoms. The van der Waals surface area contributed by atoms with Gasteiger partial charge in [-0.15, -0.1) is 0 Å². The molecule has 1 heterocycles. The van der Waals surface area contributed by atoms with Crippen LogP contribution < -0.4 is 15.8 Å². The van der Waals surface area contributed by atoms with E-state index in [0.717, 1.165) is 0 Å². The summed E-state index contributed by atoms with van der Waals surface area (Å²) >= 11 is 0. The number of anilines is 2. The maximum atomic E-state index is 9.16. The van der Waals surface area contributed by atoms with E-state index in [2.05, 4.69) is 20.3 Å². The van der Waals surface area contributed by atoms with E-state index in [-0.39, 0.29) is 17.9 Å². The maximum Gasteiger partial charge on any atom is 0.323 e. The molecular weight excluding hydrogens is 242 g/mol. The van der Waals surface area contributed by atoms with Crippen molar-refractivity contribution in [2.75, 3.05) is 37.5 Å². The van der Waals surface area contributed by atoms with Gasteiger partial charge in [-0.1, -0.05) is 0 Å². The lowest BCUT2D eigenvalue weighted by molar-refractivity contribution is 0.0827. The van der Waals surface area contributed by atoms with E-state index in [4.69, 9.17) is 25.8 Å². The largest absolute Gasteiger partial charge is 0.464 e. The second-order valence-corrected chi connectivity index (χ2v) is 3.61. The van der Waals surface area contributed by atoms with Crippen molar-refractivity contribution in [3.63, 3.8) is 0 Å². The molecule has 9 heteroatoms. The Balaban J connectivity index is 2.95. The molecule has 0 saturated heterocycles. The van der Waals surface area contributed by atoms with Gasteiger partial charge in [0, 0.05) is 0 Å². The molecule has 1 aromatic heterocycles. The minimum absolute atomic E-state index is 0.00287. The fourth-order valence-electron chi connectivity index (χ4n) is 1.13. The third-order valence-corrected chi connectivity index (χ3v) is 2.19. The molecule has 1 rings (SSSR count). The van der Waals surface area contributed by atoms with Gasteiger partial charge in [0.1, 0.15) is 5.54 Å². The number of aliphatic hydroxyl groups is 3. The number of hydrogen-bond donors (Lipinski definition) is 5. The van der Waals surface area contributed by atoms with Gasteiger partial charge in [-0.05, 0) is 6.92 Å². The highest BCUT2D eigenvalue weighted by atomic mass is 16.5. The van der Waals surface area contributed by atoms with E-state index in [1.807, 2.05) is 0 Å². The molecule has 0 aromatic carbocycles. The van der Waals surface area contributed by atoms with Crippen LogP contribution in [-0.4, -0.2) is 62.2 Å². The van der Waals surface area contributed by atoms with Crippen molar-refractivity contribution in [2.45, 2.75) is 12.5 Å². The van der Waals surface area contributed by atoms with Crippen molar-refractivity contribution in [3.8, 4) is 6.01 Å². The molecule has 0 amide bonds. The second kappa shape index (κ2) is 6.28. The van der Waals surface area contributed by atoms with E-state index < -0.39 is 25.4 Å². The maximum absolute atomic E-state index is 9.16. The average molecular weight is 259 g/mol. The molecule has 6 N–H and O–H groups in total. The second-order valence-electron chi connectivity index (χ2n) is 3.61. The van der Waals surface area contributed by atoms with Crippen LogP contribution in [0.25, 0.3) is 0 Å². The summed E-state index contributed by atoms with van der Waals surface area (Å²) in [5.41, 5.74) is 4.13. The van der Waals surface area contributed by atoms with Gasteiger partial charge < -0.3 is 31.1 Å². The van der Waals surface area contributed by atoms with Gasteiger partial charge in [0.05, 0.1) is 26.4 Å². The highest BCUT2D eigenvalue weighted by Crippen LogP contribution is 2.14. The normalized spacial score (nSPS) is 11.3. The molecule has 0 aliphatic carbocycles. The van der Waals surface area contributed by atoms with Gasteiger partial charge in [-0.25, -0.2) is 0 Å². The van der Waals surface area contributed by atoms with Gasteiger partial charge >= 0.3 is 6.01 Å². The molecule has 0 unspecified atom stereocenters. The minimum Gasteiger partial charge on any atom is -0.464 e. The third kappa shape index (κ3) is 3.39. The number of aromatic nitrogens is 3. The molecule has 0 spiro atoms. The van der Waals surface area contributed by atoms with Gasteiger partial charge in [0.2, 0.25) is 11.9 Å². The Bertz CT molecular complexity index is 377. The molecule has 1 aromatic rings. The quantitative estimate of drug-likeness (QED) is 0.374. The molecule has 0 saturated carbocycles. The summed E-state index contributed by atoms with van der Waals surface area (Å²) in [5.74, 6) is -0.0678. The van der Waals surface area contributed by atoms with E-state index in [0.29, 0.717) is 6.61 Å². The van der Waals surface area contributed by atoms with E-state index in [1.54, 1.807) is 6.92 Å². The Labute approximate surface area is 104 Å². The number of rotatable bonds is 7. The molecule has 9 nitrogen and oxygen atoms in total. The summed E-state index contributed by atoms with van der Waals surface area (Å²) in [6.45, 7) is 0.598. The number of aliphatic hydroxyl groups excluding tert-OH is 3. The first-order valence-electron chi connectivity index (χ1n) is 5.34. The number of nitrogens with one attached hydrogen (secondary N) is 1. The molecule has 0 aliphatic heterocycles. The highest BCUT2D eigenvalue weighted by Gasteiger charge is 2.29. The van der Waals surface area contributed by atoms with Crippen LogP contribution in [0.1, 0.15) is 6.92 Å². The lowest BCUT2D eigenvalue weighted by Gasteiger charge is -2.28. The van der Waals surface area contributed by atoms with Crippen LogP contribution >= 0.6 is 0 Å². The zero-order chi connectivity index (χ0) is 13.6. The third-order valence-electron chi connectivity index (χ3n) is 2.19. The standard InChI is InChI=1S/C9H17N5O4/c1-2-18-8-12-6(10)11-7(13-8)14-9(3-15,4-16)5-17/h15-17H,2-5H2,1H3,(H3,10,11,12,13,14). The topological polar surface area (TPSA) is 147 Å². The van der Waals surface area contributed by atoms with Crippen LogP contribution in [0.4, 0.5) is 11.9 Å². The van der Waals surface area contributed by atoms with E-state index >= 15 is 0 Å². The van der Waals surface area contributed by atoms with Crippen molar-refractivity contribution in [3.05, 3.63) is 0 Å². The molecule has 0 bridgehead atoms. The summed E-state index contributed by atoms with van der Waals surface area (Å²) < 4.78 is 5.07. The number of nitrogen functional groups attached to an aromatic ring is 1. The molecule has 0 atom stereocenters. The van der Waals surface area contributed by atoms with Crippen molar-refractivity contribution in [1.29, 1.82) is 0 Å². The molecular formula is C9H17N5O4. The summed E-state index contributed by atoms with van der Waals surface area (Å²) in [5, 5.41) is 30.1. The lowest BCUT2D eigenvalue weighted by Crippen LogP contribution is -2.49. The smallest absolute Gasteiger partial charge is 0.323 e. The van der Waals surface area contributed by atoms with Crippen LogP contribution in [0.5, 0.6) is 6.01 Å². The Kier molecular flexibility index (Phi) is 5.01. The molecule has 0 aliphatic rings. The Morgan fingerprint density at radius 2 is 1.78 bits per heavy atom. The first-order chi connectivity index (χ1) is 8.59. The fraction of sp³-hybridized carbons (Fsp3) is 0.667. The van der Waals surface area contributed by atoms with Gasteiger partial charge in [0.15, 0.2) is 0 Å². The van der Waals surface area contributed by atoms with Crippen LogP contribution in [0.15, 0.2) is 0 Å². The van der Waals surface area contributed by atoms with Crippen LogP contribution in [0.2, 0.25) is 0 Å². The lowest BCUT2D eigenvalue weighted by atomic mass is 10.0. The Hall–Kier alpha value is -1.71. The van der Waals surface area contributed by atoms with Gasteiger partial charge in [0.25, 0.3) is 0 Å². The Morgan fingerprint density at radius 1 is 1.17 bits per heavy atom. The van der Waals surface area contributed by atoms with Gasteiger partial charge in [-0.2, -0.15) is 15.0 Å². The van der Waals surface area contributed by atoms with Crippen LogP contribution in [-0.2, 0) is 0 Å². The van der Waals surface area contributed by atoms with E-state index in [1.165, 1.54) is 0 Å². The predicted molar refractivity (Wildman–Crippen MR) is 63.0 cm³/mol. The number of ether oxygens (including phenoxy) is 1. The number of nitrogens with zero attached hydrogens (tertiary/aromatic N) is 3. The summed E-state index contributed by atoms with van der Waals surface area (Å²) in [7, 11) is 0. The van der Waals surface area contributed by atoms with Crippen molar-refractivity contribution >= 4 is 11.9 Å². The highest BCUT2D eigenvalue weighted by molar-refractivity contribution is 5.35. The zero-order valence-electron chi connectivity index (χ0n) is 10.00. The molecule has 0 fully saturated rings. The molecule has 0 radical (unpaired) electrons. The zero-order valence-corrected chi connectivity index (χ0v) is 10.00. The summed E-state index contributed by atoms with van der Waals surface area (Å²) in [6, 6.07) is 0.0234. The predicted octanol–water partition coefficient (Wildman–Crippen LogP) is -2.02. The number of nitrogens with two attached hydrogens (primary N) is 1. The SMILES string of the molecule is CCOc1nc(N)nc(NC(CO)(CO)CO)n1. The van der Waals surface area contributed by atoms with Crippen molar-refractivity contribution < 1.29 is 20.1 Å². The number of hydrogen-bond acceptors (Lipinski definition) is 9. The average Bonchev–Trinajstić information content (AvgIpc) is 2.36. The van der Waals surface area contributed by atoms with Gasteiger partial charge in [-0.3, -0.25) is 0 Å². The Morgan fingerprint density at radius 3 is 2.28 bits per heavy atom. The summed E-state index contributed by atoms with van der Waals surface area (Å²) in [4.78, 5) is 11.4.